The number of ether oxygens (including phenoxy) is 2. The van der Waals surface area contributed by atoms with E-state index in [1.54, 1.807) is 14.2 Å². The van der Waals surface area contributed by atoms with E-state index >= 15 is 0 Å². The standard InChI is InChI=1S/C17H27NO2/c1-6-9-18-16(14-11-17(14,2)3)13-10-12(19-4)7-8-15(13)20-5/h7-8,10,14,16,18H,6,9,11H2,1-5H3. The summed E-state index contributed by atoms with van der Waals surface area (Å²) in [6.45, 7) is 7.90. The van der Waals surface area contributed by atoms with Crippen LogP contribution in [0.3, 0.4) is 0 Å². The van der Waals surface area contributed by atoms with E-state index in [1.807, 2.05) is 12.1 Å². The summed E-state index contributed by atoms with van der Waals surface area (Å²) < 4.78 is 10.9. The van der Waals surface area contributed by atoms with Crippen molar-refractivity contribution in [1.29, 1.82) is 0 Å². The molecule has 1 saturated carbocycles. The molecule has 1 aromatic rings. The van der Waals surface area contributed by atoms with Gasteiger partial charge in [0.05, 0.1) is 14.2 Å². The lowest BCUT2D eigenvalue weighted by Gasteiger charge is -2.23. The van der Waals surface area contributed by atoms with Gasteiger partial charge in [-0.2, -0.15) is 0 Å². The average molecular weight is 277 g/mol. The SMILES string of the molecule is CCCNC(c1cc(OC)ccc1OC)C1CC1(C)C. The summed E-state index contributed by atoms with van der Waals surface area (Å²) in [6.07, 6.45) is 2.39. The summed E-state index contributed by atoms with van der Waals surface area (Å²) in [5.74, 6) is 2.50. The van der Waals surface area contributed by atoms with Gasteiger partial charge in [-0.25, -0.2) is 0 Å². The fraction of sp³-hybridized carbons (Fsp3) is 0.647. The molecule has 0 heterocycles. The van der Waals surface area contributed by atoms with Crippen LogP contribution in [0.2, 0.25) is 0 Å². The number of hydrogen-bond acceptors (Lipinski definition) is 3. The first-order valence-corrected chi connectivity index (χ1v) is 7.48. The molecule has 1 aromatic carbocycles. The molecule has 112 valence electrons. The first kappa shape index (κ1) is 15.2. The van der Waals surface area contributed by atoms with Crippen molar-refractivity contribution < 1.29 is 9.47 Å². The predicted octanol–water partition coefficient (Wildman–Crippen LogP) is 3.79. The third-order valence-corrected chi connectivity index (χ3v) is 4.38. The number of rotatable bonds is 7. The van der Waals surface area contributed by atoms with Gasteiger partial charge in [-0.15, -0.1) is 0 Å². The van der Waals surface area contributed by atoms with Gasteiger partial charge in [-0.1, -0.05) is 20.8 Å². The zero-order valence-electron chi connectivity index (χ0n) is 13.3. The second kappa shape index (κ2) is 6.04. The Balaban J connectivity index is 2.31. The normalized spacial score (nSPS) is 21.4. The molecular weight excluding hydrogens is 250 g/mol. The van der Waals surface area contributed by atoms with E-state index in [2.05, 4.69) is 32.2 Å². The van der Waals surface area contributed by atoms with Crippen LogP contribution >= 0.6 is 0 Å². The summed E-state index contributed by atoms with van der Waals surface area (Å²) >= 11 is 0. The third-order valence-electron chi connectivity index (χ3n) is 4.38. The van der Waals surface area contributed by atoms with Gasteiger partial charge in [0, 0.05) is 11.6 Å². The Morgan fingerprint density at radius 3 is 2.50 bits per heavy atom. The molecule has 0 bridgehead atoms. The van der Waals surface area contributed by atoms with Crippen molar-refractivity contribution in [3.63, 3.8) is 0 Å². The first-order chi connectivity index (χ1) is 9.53. The molecule has 3 nitrogen and oxygen atoms in total. The lowest BCUT2D eigenvalue weighted by atomic mass is 9.95. The van der Waals surface area contributed by atoms with Crippen molar-refractivity contribution >= 4 is 0 Å². The molecule has 0 aliphatic heterocycles. The Morgan fingerprint density at radius 2 is 2.00 bits per heavy atom. The van der Waals surface area contributed by atoms with Gasteiger partial charge in [0.15, 0.2) is 0 Å². The lowest BCUT2D eigenvalue weighted by molar-refractivity contribution is 0.368. The minimum Gasteiger partial charge on any atom is -0.497 e. The van der Waals surface area contributed by atoms with Crippen LogP contribution in [0.25, 0.3) is 0 Å². The van der Waals surface area contributed by atoms with Gasteiger partial charge in [-0.3, -0.25) is 0 Å². The minimum absolute atomic E-state index is 0.343. The molecule has 0 radical (unpaired) electrons. The van der Waals surface area contributed by atoms with Crippen LogP contribution < -0.4 is 14.8 Å². The monoisotopic (exact) mass is 277 g/mol. The van der Waals surface area contributed by atoms with E-state index in [9.17, 15) is 0 Å². The molecule has 0 spiro atoms. The Labute approximate surface area is 122 Å². The second-order valence-electron chi connectivity index (χ2n) is 6.34. The highest BCUT2D eigenvalue weighted by atomic mass is 16.5. The summed E-state index contributed by atoms with van der Waals surface area (Å²) in [7, 11) is 3.45. The predicted molar refractivity (Wildman–Crippen MR) is 82.5 cm³/mol. The number of methoxy groups -OCH3 is 2. The fourth-order valence-corrected chi connectivity index (χ4v) is 2.93. The number of nitrogens with one attached hydrogen (secondary N) is 1. The van der Waals surface area contributed by atoms with E-state index in [4.69, 9.17) is 9.47 Å². The van der Waals surface area contributed by atoms with Gasteiger partial charge in [0.1, 0.15) is 11.5 Å². The van der Waals surface area contributed by atoms with E-state index in [0.717, 1.165) is 24.5 Å². The van der Waals surface area contributed by atoms with E-state index < -0.39 is 0 Å². The average Bonchev–Trinajstić information content (AvgIpc) is 3.07. The Morgan fingerprint density at radius 1 is 1.30 bits per heavy atom. The molecule has 1 aliphatic carbocycles. The quantitative estimate of drug-likeness (QED) is 0.822. The van der Waals surface area contributed by atoms with Crippen LogP contribution in [0, 0.1) is 11.3 Å². The van der Waals surface area contributed by atoms with Crippen LogP contribution in [0.5, 0.6) is 11.5 Å². The molecule has 0 aromatic heterocycles. The highest BCUT2D eigenvalue weighted by Gasteiger charge is 2.50. The van der Waals surface area contributed by atoms with Crippen LogP contribution in [-0.4, -0.2) is 20.8 Å². The topological polar surface area (TPSA) is 30.5 Å². The zero-order chi connectivity index (χ0) is 14.8. The van der Waals surface area contributed by atoms with E-state index in [1.165, 1.54) is 12.0 Å². The van der Waals surface area contributed by atoms with Crippen molar-refractivity contribution in [2.24, 2.45) is 11.3 Å². The fourth-order valence-electron chi connectivity index (χ4n) is 2.93. The minimum atomic E-state index is 0.343. The summed E-state index contributed by atoms with van der Waals surface area (Å²) in [5.41, 5.74) is 1.63. The molecule has 0 saturated heterocycles. The van der Waals surface area contributed by atoms with Crippen LogP contribution in [-0.2, 0) is 0 Å². The summed E-state index contributed by atoms with van der Waals surface area (Å²) in [5, 5.41) is 3.69. The van der Waals surface area contributed by atoms with Crippen LogP contribution in [0.1, 0.15) is 45.2 Å². The van der Waals surface area contributed by atoms with E-state index in [0.29, 0.717) is 17.4 Å². The molecule has 2 rings (SSSR count). The van der Waals surface area contributed by atoms with Gasteiger partial charge >= 0.3 is 0 Å². The lowest BCUT2D eigenvalue weighted by Crippen LogP contribution is -2.26. The van der Waals surface area contributed by atoms with Crippen molar-refractivity contribution in [2.45, 2.75) is 39.7 Å². The molecule has 1 fully saturated rings. The van der Waals surface area contributed by atoms with Crippen LogP contribution in [0.15, 0.2) is 18.2 Å². The highest BCUT2D eigenvalue weighted by Crippen LogP contribution is 2.58. The van der Waals surface area contributed by atoms with Gasteiger partial charge in [0.2, 0.25) is 0 Å². The largest absolute Gasteiger partial charge is 0.497 e. The Hall–Kier alpha value is -1.22. The second-order valence-corrected chi connectivity index (χ2v) is 6.34. The van der Waals surface area contributed by atoms with Crippen molar-refractivity contribution in [2.75, 3.05) is 20.8 Å². The number of benzene rings is 1. The van der Waals surface area contributed by atoms with Crippen molar-refractivity contribution in [3.8, 4) is 11.5 Å². The summed E-state index contributed by atoms with van der Waals surface area (Å²) in [6, 6.07) is 6.41. The van der Waals surface area contributed by atoms with Crippen molar-refractivity contribution in [1.82, 2.24) is 5.32 Å². The first-order valence-electron chi connectivity index (χ1n) is 7.48. The maximum atomic E-state index is 5.56. The van der Waals surface area contributed by atoms with E-state index in [-0.39, 0.29) is 0 Å². The van der Waals surface area contributed by atoms with Gasteiger partial charge in [-0.05, 0) is 48.9 Å². The molecule has 0 amide bonds. The van der Waals surface area contributed by atoms with Gasteiger partial charge < -0.3 is 14.8 Å². The molecular formula is C17H27NO2. The summed E-state index contributed by atoms with van der Waals surface area (Å²) in [4.78, 5) is 0. The Bertz CT molecular complexity index is 456. The molecule has 2 atom stereocenters. The maximum Gasteiger partial charge on any atom is 0.123 e. The molecule has 1 aliphatic rings. The molecule has 3 heteroatoms. The van der Waals surface area contributed by atoms with Gasteiger partial charge in [0.25, 0.3) is 0 Å². The third kappa shape index (κ3) is 3.09. The zero-order valence-corrected chi connectivity index (χ0v) is 13.3. The molecule has 20 heavy (non-hydrogen) atoms. The van der Waals surface area contributed by atoms with Crippen LogP contribution in [0.4, 0.5) is 0 Å². The molecule has 2 unspecified atom stereocenters. The smallest absolute Gasteiger partial charge is 0.123 e. The highest BCUT2D eigenvalue weighted by molar-refractivity contribution is 5.43. The Kier molecular flexibility index (Phi) is 4.59. The van der Waals surface area contributed by atoms with Crippen molar-refractivity contribution in [3.05, 3.63) is 23.8 Å². The number of hydrogen-bond donors (Lipinski definition) is 1. The molecule has 1 N–H and O–H groups in total. The maximum absolute atomic E-state index is 5.56.